The summed E-state index contributed by atoms with van der Waals surface area (Å²) >= 11 is 0. The molecule has 32 heavy (non-hydrogen) atoms. The highest BCUT2D eigenvalue weighted by molar-refractivity contribution is 5.96. The van der Waals surface area contributed by atoms with Crippen molar-refractivity contribution in [1.82, 2.24) is 20.4 Å². The third-order valence-corrected chi connectivity index (χ3v) is 4.90. The SMILES string of the molecule is Cc1nn(Cc2ccccc2)c(C)c1CNC(=O)CNC(=O)c1cccc(OC(F)F)c1. The first-order valence-electron chi connectivity index (χ1n) is 10.00. The summed E-state index contributed by atoms with van der Waals surface area (Å²) in [6.45, 7) is 1.50. The van der Waals surface area contributed by atoms with Crippen LogP contribution in [-0.2, 0) is 17.9 Å². The minimum atomic E-state index is -2.98. The van der Waals surface area contributed by atoms with Gasteiger partial charge in [-0.1, -0.05) is 36.4 Å². The average molecular weight is 442 g/mol. The van der Waals surface area contributed by atoms with Crippen molar-refractivity contribution in [2.45, 2.75) is 33.5 Å². The summed E-state index contributed by atoms with van der Waals surface area (Å²) in [6, 6.07) is 15.3. The van der Waals surface area contributed by atoms with Crippen LogP contribution < -0.4 is 15.4 Å². The molecule has 0 spiro atoms. The fourth-order valence-electron chi connectivity index (χ4n) is 3.23. The molecule has 7 nitrogen and oxygen atoms in total. The lowest BCUT2D eigenvalue weighted by molar-refractivity contribution is -0.120. The Morgan fingerprint density at radius 1 is 1.06 bits per heavy atom. The number of ether oxygens (including phenoxy) is 1. The minimum absolute atomic E-state index is 0.116. The maximum Gasteiger partial charge on any atom is 0.387 e. The fraction of sp³-hybridized carbons (Fsp3) is 0.261. The van der Waals surface area contributed by atoms with Crippen LogP contribution in [0, 0.1) is 13.8 Å². The topological polar surface area (TPSA) is 85.3 Å². The molecule has 0 saturated heterocycles. The number of benzene rings is 2. The lowest BCUT2D eigenvalue weighted by atomic mass is 10.2. The number of nitrogens with one attached hydrogen (secondary N) is 2. The highest BCUT2D eigenvalue weighted by Crippen LogP contribution is 2.16. The monoisotopic (exact) mass is 442 g/mol. The van der Waals surface area contributed by atoms with E-state index in [1.54, 1.807) is 0 Å². The van der Waals surface area contributed by atoms with Crippen LogP contribution in [-0.4, -0.2) is 34.8 Å². The van der Waals surface area contributed by atoms with E-state index in [1.807, 2.05) is 48.9 Å². The van der Waals surface area contributed by atoms with Gasteiger partial charge in [-0.05, 0) is 37.6 Å². The Hall–Kier alpha value is -3.75. The molecule has 0 saturated carbocycles. The van der Waals surface area contributed by atoms with Crippen LogP contribution in [0.3, 0.4) is 0 Å². The van der Waals surface area contributed by atoms with E-state index in [0.717, 1.165) is 22.5 Å². The predicted molar refractivity (Wildman–Crippen MR) is 114 cm³/mol. The van der Waals surface area contributed by atoms with E-state index in [2.05, 4.69) is 20.5 Å². The van der Waals surface area contributed by atoms with Crippen molar-refractivity contribution in [3.05, 3.63) is 82.7 Å². The maximum absolute atomic E-state index is 12.3. The summed E-state index contributed by atoms with van der Waals surface area (Å²) in [5.41, 5.74) is 3.92. The van der Waals surface area contributed by atoms with Gasteiger partial charge >= 0.3 is 6.61 Å². The van der Waals surface area contributed by atoms with Gasteiger partial charge in [0.15, 0.2) is 0 Å². The normalized spacial score (nSPS) is 10.8. The second-order valence-corrected chi connectivity index (χ2v) is 7.16. The van der Waals surface area contributed by atoms with Crippen LogP contribution in [0.25, 0.3) is 0 Å². The van der Waals surface area contributed by atoms with E-state index in [1.165, 1.54) is 24.3 Å². The van der Waals surface area contributed by atoms with Crippen molar-refractivity contribution in [3.8, 4) is 5.75 Å². The Morgan fingerprint density at radius 2 is 1.81 bits per heavy atom. The number of aromatic nitrogens is 2. The third-order valence-electron chi connectivity index (χ3n) is 4.90. The molecule has 1 aromatic heterocycles. The van der Waals surface area contributed by atoms with Gasteiger partial charge in [-0.15, -0.1) is 0 Å². The molecule has 2 N–H and O–H groups in total. The zero-order chi connectivity index (χ0) is 23.1. The minimum Gasteiger partial charge on any atom is -0.435 e. The standard InChI is InChI=1S/C23H24F2N4O3/c1-15-20(16(2)29(28-15)14-17-7-4-3-5-8-17)12-26-21(30)13-27-22(31)18-9-6-10-19(11-18)32-23(24)25/h3-11,23H,12-14H2,1-2H3,(H,26,30)(H,27,31). The number of halogens is 2. The first kappa shape index (κ1) is 22.9. The van der Waals surface area contributed by atoms with E-state index in [9.17, 15) is 18.4 Å². The van der Waals surface area contributed by atoms with Crippen LogP contribution in [0.15, 0.2) is 54.6 Å². The van der Waals surface area contributed by atoms with Gasteiger partial charge < -0.3 is 15.4 Å². The molecule has 0 radical (unpaired) electrons. The Bertz CT molecular complexity index is 1080. The lowest BCUT2D eigenvalue weighted by Crippen LogP contribution is -2.36. The highest BCUT2D eigenvalue weighted by Gasteiger charge is 2.14. The molecular weight excluding hydrogens is 418 g/mol. The van der Waals surface area contributed by atoms with E-state index < -0.39 is 12.5 Å². The van der Waals surface area contributed by atoms with Crippen LogP contribution in [0.4, 0.5) is 8.78 Å². The number of rotatable bonds is 9. The van der Waals surface area contributed by atoms with Crippen LogP contribution in [0.1, 0.15) is 32.9 Å². The summed E-state index contributed by atoms with van der Waals surface area (Å²) in [7, 11) is 0. The number of amides is 2. The van der Waals surface area contributed by atoms with Gasteiger partial charge in [0.05, 0.1) is 18.8 Å². The van der Waals surface area contributed by atoms with Crippen molar-refractivity contribution in [2.24, 2.45) is 0 Å². The highest BCUT2D eigenvalue weighted by atomic mass is 19.3. The molecule has 0 bridgehead atoms. The summed E-state index contributed by atoms with van der Waals surface area (Å²) in [6.07, 6.45) is 0. The van der Waals surface area contributed by atoms with Crippen molar-refractivity contribution in [3.63, 3.8) is 0 Å². The van der Waals surface area contributed by atoms with Crippen LogP contribution >= 0.6 is 0 Å². The van der Waals surface area contributed by atoms with Crippen molar-refractivity contribution >= 4 is 11.8 Å². The van der Waals surface area contributed by atoms with Crippen molar-refractivity contribution in [2.75, 3.05) is 6.54 Å². The van der Waals surface area contributed by atoms with Crippen LogP contribution in [0.2, 0.25) is 0 Å². The fourth-order valence-corrected chi connectivity index (χ4v) is 3.23. The van der Waals surface area contributed by atoms with Crippen molar-refractivity contribution in [1.29, 1.82) is 0 Å². The van der Waals surface area contributed by atoms with Gasteiger partial charge in [-0.25, -0.2) is 0 Å². The Morgan fingerprint density at radius 3 is 2.53 bits per heavy atom. The van der Waals surface area contributed by atoms with Gasteiger partial charge in [0.25, 0.3) is 5.91 Å². The Labute approximate surface area is 184 Å². The molecule has 9 heteroatoms. The number of alkyl halides is 2. The smallest absolute Gasteiger partial charge is 0.387 e. The molecular formula is C23H24F2N4O3. The molecule has 1 heterocycles. The second kappa shape index (κ2) is 10.5. The van der Waals surface area contributed by atoms with E-state index in [4.69, 9.17) is 0 Å². The van der Waals surface area contributed by atoms with Crippen LogP contribution in [0.5, 0.6) is 5.75 Å². The lowest BCUT2D eigenvalue weighted by Gasteiger charge is -2.09. The molecule has 0 aliphatic rings. The number of nitrogens with zero attached hydrogens (tertiary/aromatic N) is 2. The zero-order valence-electron chi connectivity index (χ0n) is 17.8. The molecule has 2 amide bonds. The largest absolute Gasteiger partial charge is 0.435 e. The molecule has 0 atom stereocenters. The van der Waals surface area contributed by atoms with E-state index in [0.29, 0.717) is 6.54 Å². The molecule has 0 unspecified atom stereocenters. The summed E-state index contributed by atoms with van der Waals surface area (Å²) in [5, 5.41) is 9.80. The molecule has 3 rings (SSSR count). The molecule has 0 aliphatic heterocycles. The average Bonchev–Trinajstić information content (AvgIpc) is 3.03. The van der Waals surface area contributed by atoms with Gasteiger partial charge in [0.2, 0.25) is 5.91 Å². The van der Waals surface area contributed by atoms with Gasteiger partial charge in [-0.2, -0.15) is 13.9 Å². The maximum atomic E-state index is 12.3. The van der Waals surface area contributed by atoms with Gasteiger partial charge in [0, 0.05) is 23.4 Å². The molecule has 2 aromatic carbocycles. The first-order chi connectivity index (χ1) is 15.3. The zero-order valence-corrected chi connectivity index (χ0v) is 17.8. The Balaban J connectivity index is 1.52. The number of carbonyl (C=O) groups is 2. The number of hydrogen-bond acceptors (Lipinski definition) is 4. The second-order valence-electron chi connectivity index (χ2n) is 7.16. The van der Waals surface area contributed by atoms with Gasteiger partial charge in [0.1, 0.15) is 5.75 Å². The molecule has 0 aliphatic carbocycles. The number of hydrogen-bond donors (Lipinski definition) is 2. The number of carbonyl (C=O) groups excluding carboxylic acids is 2. The summed E-state index contributed by atoms with van der Waals surface area (Å²) in [4.78, 5) is 24.4. The summed E-state index contributed by atoms with van der Waals surface area (Å²) in [5.74, 6) is -1.08. The third kappa shape index (κ3) is 6.13. The first-order valence-corrected chi connectivity index (χ1v) is 10.00. The number of aryl methyl sites for hydroxylation is 1. The molecule has 3 aromatic rings. The van der Waals surface area contributed by atoms with E-state index in [-0.39, 0.29) is 30.3 Å². The summed E-state index contributed by atoms with van der Waals surface area (Å²) < 4.78 is 30.8. The van der Waals surface area contributed by atoms with E-state index >= 15 is 0 Å². The molecule has 0 fully saturated rings. The quantitative estimate of drug-likeness (QED) is 0.533. The Kier molecular flexibility index (Phi) is 7.54. The predicted octanol–water partition coefficient (Wildman–Crippen LogP) is 3.20. The molecule has 168 valence electrons. The van der Waals surface area contributed by atoms with Gasteiger partial charge in [-0.3, -0.25) is 14.3 Å². The van der Waals surface area contributed by atoms with Crippen molar-refractivity contribution < 1.29 is 23.1 Å².